The van der Waals surface area contributed by atoms with Gasteiger partial charge in [0.05, 0.1) is 24.2 Å². The van der Waals surface area contributed by atoms with Gasteiger partial charge in [-0.15, -0.1) is 5.10 Å². The van der Waals surface area contributed by atoms with Crippen molar-refractivity contribution in [2.45, 2.75) is 19.9 Å². The predicted octanol–water partition coefficient (Wildman–Crippen LogP) is 3.61. The van der Waals surface area contributed by atoms with E-state index in [0.29, 0.717) is 41.4 Å². The quantitative estimate of drug-likeness (QED) is 0.323. The number of nitrogens with two attached hydrogens (primary N) is 1. The highest BCUT2D eigenvalue weighted by Gasteiger charge is 2.21. The Kier molecular flexibility index (Phi) is 6.69. The molecular weight excluding hydrogens is 504 g/mol. The number of fused-ring (bicyclic) bond motifs is 3. The molecule has 3 aromatic heterocycles. The van der Waals surface area contributed by atoms with E-state index in [2.05, 4.69) is 29.9 Å². The first-order valence-corrected chi connectivity index (χ1v) is 13.0. The number of piperazine rings is 1. The van der Waals surface area contributed by atoms with Gasteiger partial charge >= 0.3 is 0 Å². The molecule has 5 aromatic rings. The standard InChI is InChI=1S/C27H29F2N9O/c1-2-15-39-18-7-8-22(21(29)16-18)36-12-9-35(10-13-36)11-14-37-17-31-23-25(37)33-27(30)38-26(23)32-24(34-38)19-5-3-4-6-20(19)28/h3-8,16-17H,2,9-15H2,1H3,(H2,30,33). The number of rotatable bonds is 8. The highest BCUT2D eigenvalue weighted by atomic mass is 19.1. The van der Waals surface area contributed by atoms with Crippen molar-refractivity contribution in [3.8, 4) is 17.1 Å². The van der Waals surface area contributed by atoms with Crippen LogP contribution in [0.25, 0.3) is 28.2 Å². The van der Waals surface area contributed by atoms with Crippen LogP contribution in [0.2, 0.25) is 0 Å². The van der Waals surface area contributed by atoms with Crippen molar-refractivity contribution < 1.29 is 13.5 Å². The van der Waals surface area contributed by atoms with Gasteiger partial charge in [0.15, 0.2) is 22.6 Å². The minimum atomic E-state index is -0.414. The SMILES string of the molecule is CCCOc1ccc(N2CCN(CCn3cnc4c3nc(N)n3nc(-c5ccccc5F)nc43)CC2)c(F)c1. The first-order valence-electron chi connectivity index (χ1n) is 13.0. The highest BCUT2D eigenvalue weighted by Crippen LogP contribution is 2.26. The average Bonchev–Trinajstić information content (AvgIpc) is 3.56. The van der Waals surface area contributed by atoms with Gasteiger partial charge in [0.1, 0.15) is 17.4 Å². The largest absolute Gasteiger partial charge is 0.493 e. The third kappa shape index (κ3) is 4.83. The summed E-state index contributed by atoms with van der Waals surface area (Å²) >= 11 is 0. The van der Waals surface area contributed by atoms with E-state index in [0.717, 1.165) is 39.1 Å². The van der Waals surface area contributed by atoms with Crippen LogP contribution in [0, 0.1) is 11.6 Å². The second kappa shape index (κ2) is 10.4. The van der Waals surface area contributed by atoms with Gasteiger partial charge in [0.25, 0.3) is 0 Å². The van der Waals surface area contributed by atoms with Gasteiger partial charge in [-0.1, -0.05) is 19.1 Å². The van der Waals surface area contributed by atoms with Crippen LogP contribution in [0.4, 0.5) is 20.4 Å². The van der Waals surface area contributed by atoms with E-state index in [1.54, 1.807) is 30.6 Å². The molecule has 1 aliphatic heterocycles. The predicted molar refractivity (Wildman–Crippen MR) is 145 cm³/mol. The molecule has 0 atom stereocenters. The van der Waals surface area contributed by atoms with E-state index < -0.39 is 5.82 Å². The van der Waals surface area contributed by atoms with Crippen molar-refractivity contribution in [3.63, 3.8) is 0 Å². The van der Waals surface area contributed by atoms with Crippen molar-refractivity contribution in [1.29, 1.82) is 0 Å². The first kappa shape index (κ1) is 25.0. The number of ether oxygens (including phenoxy) is 1. The lowest BCUT2D eigenvalue weighted by Gasteiger charge is -2.36. The van der Waals surface area contributed by atoms with Crippen LogP contribution in [-0.4, -0.2) is 73.4 Å². The smallest absolute Gasteiger partial charge is 0.225 e. The number of imidazole rings is 1. The summed E-state index contributed by atoms with van der Waals surface area (Å²) < 4.78 is 37.9. The van der Waals surface area contributed by atoms with Crippen LogP contribution >= 0.6 is 0 Å². The van der Waals surface area contributed by atoms with Gasteiger partial charge in [-0.25, -0.2) is 18.7 Å². The molecule has 2 aromatic carbocycles. The lowest BCUT2D eigenvalue weighted by molar-refractivity contribution is 0.248. The summed E-state index contributed by atoms with van der Waals surface area (Å²) in [6.45, 7) is 7.06. The molecule has 0 aliphatic carbocycles. The minimum absolute atomic E-state index is 0.149. The van der Waals surface area contributed by atoms with Crippen molar-refractivity contribution in [2.75, 3.05) is 50.0 Å². The molecule has 1 saturated heterocycles. The summed E-state index contributed by atoms with van der Waals surface area (Å²) in [6, 6.07) is 11.4. The zero-order valence-corrected chi connectivity index (χ0v) is 21.6. The molecule has 0 amide bonds. The summed E-state index contributed by atoms with van der Waals surface area (Å²) in [5.41, 5.74) is 8.65. The lowest BCUT2D eigenvalue weighted by Crippen LogP contribution is -2.47. The molecule has 1 aliphatic rings. The summed E-state index contributed by atoms with van der Waals surface area (Å²) in [6.07, 6.45) is 2.59. The number of hydrogen-bond donors (Lipinski definition) is 1. The van der Waals surface area contributed by atoms with Gasteiger partial charge in [0, 0.05) is 45.3 Å². The lowest BCUT2D eigenvalue weighted by atomic mass is 10.2. The number of halogens is 2. The Bertz CT molecular complexity index is 1620. The molecule has 39 heavy (non-hydrogen) atoms. The van der Waals surface area contributed by atoms with E-state index in [-0.39, 0.29) is 23.2 Å². The van der Waals surface area contributed by atoms with Crippen LogP contribution in [0.5, 0.6) is 5.75 Å². The molecule has 10 nitrogen and oxygen atoms in total. The monoisotopic (exact) mass is 533 g/mol. The molecule has 0 spiro atoms. The topological polar surface area (TPSA) is 103 Å². The maximum absolute atomic E-state index is 14.7. The molecule has 4 heterocycles. The Morgan fingerprint density at radius 3 is 2.54 bits per heavy atom. The van der Waals surface area contributed by atoms with E-state index >= 15 is 0 Å². The summed E-state index contributed by atoms with van der Waals surface area (Å²) in [7, 11) is 0. The molecule has 12 heteroatoms. The van der Waals surface area contributed by atoms with E-state index in [1.807, 2.05) is 17.6 Å². The number of nitrogen functional groups attached to an aromatic ring is 1. The molecule has 0 radical (unpaired) electrons. The maximum Gasteiger partial charge on any atom is 0.225 e. The molecular formula is C27H29F2N9O. The van der Waals surface area contributed by atoms with Gasteiger partial charge in [-0.3, -0.25) is 4.90 Å². The van der Waals surface area contributed by atoms with Crippen LogP contribution in [0.1, 0.15) is 13.3 Å². The zero-order chi connectivity index (χ0) is 26.9. The number of nitrogens with zero attached hydrogens (tertiary/aromatic N) is 8. The Labute approximate surface area is 223 Å². The van der Waals surface area contributed by atoms with E-state index in [1.165, 1.54) is 16.6 Å². The molecule has 2 N–H and O–H groups in total. The molecule has 0 unspecified atom stereocenters. The Hall–Kier alpha value is -4.32. The van der Waals surface area contributed by atoms with Crippen molar-refractivity contribution in [1.82, 2.24) is 34.0 Å². The minimum Gasteiger partial charge on any atom is -0.493 e. The number of aromatic nitrogens is 6. The van der Waals surface area contributed by atoms with Crippen molar-refractivity contribution in [3.05, 3.63) is 60.4 Å². The van der Waals surface area contributed by atoms with Crippen molar-refractivity contribution in [2.24, 2.45) is 0 Å². The summed E-state index contributed by atoms with van der Waals surface area (Å²) in [5, 5.41) is 4.36. The zero-order valence-electron chi connectivity index (χ0n) is 21.6. The van der Waals surface area contributed by atoms with E-state index in [4.69, 9.17) is 10.5 Å². The fourth-order valence-electron chi connectivity index (χ4n) is 4.87. The highest BCUT2D eigenvalue weighted by molar-refractivity contribution is 5.87. The van der Waals surface area contributed by atoms with Crippen LogP contribution < -0.4 is 15.4 Å². The van der Waals surface area contributed by atoms with Crippen LogP contribution in [0.15, 0.2) is 48.8 Å². The fourth-order valence-corrected chi connectivity index (χ4v) is 4.87. The van der Waals surface area contributed by atoms with Crippen molar-refractivity contribution >= 4 is 28.4 Å². The third-order valence-corrected chi connectivity index (χ3v) is 6.94. The first-order chi connectivity index (χ1) is 19.0. The second-order valence-corrected chi connectivity index (χ2v) is 9.52. The maximum atomic E-state index is 14.7. The van der Waals surface area contributed by atoms with Gasteiger partial charge in [-0.2, -0.15) is 9.50 Å². The normalized spacial score (nSPS) is 14.5. The van der Waals surface area contributed by atoms with Gasteiger partial charge in [0.2, 0.25) is 5.95 Å². The molecule has 202 valence electrons. The third-order valence-electron chi connectivity index (χ3n) is 6.94. The molecule has 6 rings (SSSR count). The fraction of sp³-hybridized carbons (Fsp3) is 0.333. The Morgan fingerprint density at radius 1 is 0.949 bits per heavy atom. The number of hydrogen-bond acceptors (Lipinski definition) is 8. The van der Waals surface area contributed by atoms with Gasteiger partial charge < -0.3 is 19.9 Å². The van der Waals surface area contributed by atoms with Crippen LogP contribution in [-0.2, 0) is 6.54 Å². The summed E-state index contributed by atoms with van der Waals surface area (Å²) in [5.74, 6) is 0.258. The molecule has 1 fully saturated rings. The average molecular weight is 534 g/mol. The molecule has 0 bridgehead atoms. The number of anilines is 2. The van der Waals surface area contributed by atoms with Gasteiger partial charge in [-0.05, 0) is 30.7 Å². The van der Waals surface area contributed by atoms with Crippen LogP contribution in [0.3, 0.4) is 0 Å². The summed E-state index contributed by atoms with van der Waals surface area (Å²) in [4.78, 5) is 17.9. The Morgan fingerprint density at radius 2 is 1.77 bits per heavy atom. The van der Waals surface area contributed by atoms with E-state index in [9.17, 15) is 8.78 Å². The second-order valence-electron chi connectivity index (χ2n) is 9.52. The Balaban J connectivity index is 1.13. The molecule has 0 saturated carbocycles. The number of benzene rings is 2.